The van der Waals surface area contributed by atoms with Crippen LogP contribution in [0.3, 0.4) is 0 Å². The van der Waals surface area contributed by atoms with Gasteiger partial charge in [-0.3, -0.25) is 5.41 Å². The minimum absolute atomic E-state index is 0.355. The van der Waals surface area contributed by atoms with Gasteiger partial charge in [0, 0.05) is 0 Å². The lowest BCUT2D eigenvalue weighted by Gasteiger charge is -2.07. The van der Waals surface area contributed by atoms with Crippen molar-refractivity contribution in [2.45, 2.75) is 6.23 Å². The third kappa shape index (κ3) is 3.38. The lowest BCUT2D eigenvalue weighted by molar-refractivity contribution is 0.0836. The number of aliphatic hydroxyl groups is 2. The number of hydrogen-bond acceptors (Lipinski definition) is 3. The molecule has 0 aromatic rings. The fourth-order valence-corrected chi connectivity index (χ4v) is 0.225. The fourth-order valence-electron chi connectivity index (χ4n) is 0.225. The second-order valence-electron chi connectivity index (χ2n) is 1.26. The average Bonchev–Trinajstić information content (AvgIpc) is 1.65. The SMILES string of the molecule is N=C(N)NC(O)CO. The zero-order chi connectivity index (χ0) is 6.57. The molecule has 0 aliphatic carbocycles. The van der Waals surface area contributed by atoms with Crippen molar-refractivity contribution >= 4 is 5.96 Å². The van der Waals surface area contributed by atoms with E-state index in [1.165, 1.54) is 0 Å². The Kier molecular flexibility index (Phi) is 2.90. The summed E-state index contributed by atoms with van der Waals surface area (Å²) in [5.41, 5.74) is 4.77. The monoisotopic (exact) mass is 119 g/mol. The van der Waals surface area contributed by atoms with E-state index in [9.17, 15) is 0 Å². The Labute approximate surface area is 46.6 Å². The van der Waals surface area contributed by atoms with Crippen molar-refractivity contribution in [3.05, 3.63) is 0 Å². The van der Waals surface area contributed by atoms with Crippen LogP contribution in [-0.4, -0.2) is 29.0 Å². The summed E-state index contributed by atoms with van der Waals surface area (Å²) in [7, 11) is 0. The van der Waals surface area contributed by atoms with Gasteiger partial charge in [0.15, 0.2) is 5.96 Å². The lowest BCUT2D eigenvalue weighted by atomic mass is 10.6. The summed E-state index contributed by atoms with van der Waals surface area (Å²) in [5.74, 6) is -0.355. The number of aliphatic hydroxyl groups excluding tert-OH is 2. The molecule has 0 spiro atoms. The Morgan fingerprint density at radius 1 is 1.88 bits per heavy atom. The van der Waals surface area contributed by atoms with Gasteiger partial charge >= 0.3 is 0 Å². The van der Waals surface area contributed by atoms with Gasteiger partial charge in [-0.05, 0) is 0 Å². The van der Waals surface area contributed by atoms with Gasteiger partial charge in [0.2, 0.25) is 0 Å². The summed E-state index contributed by atoms with van der Waals surface area (Å²) in [6.45, 7) is -0.445. The van der Waals surface area contributed by atoms with E-state index in [-0.39, 0.29) is 5.96 Å². The number of nitrogens with one attached hydrogen (secondary N) is 2. The number of guanidine groups is 1. The highest BCUT2D eigenvalue weighted by atomic mass is 16.3. The van der Waals surface area contributed by atoms with Gasteiger partial charge < -0.3 is 21.3 Å². The largest absolute Gasteiger partial charge is 0.392 e. The van der Waals surface area contributed by atoms with E-state index in [2.05, 4.69) is 5.32 Å². The third-order valence-corrected chi connectivity index (χ3v) is 0.495. The smallest absolute Gasteiger partial charge is 0.187 e. The molecule has 0 amide bonds. The van der Waals surface area contributed by atoms with Crippen LogP contribution in [0.1, 0.15) is 0 Å². The van der Waals surface area contributed by atoms with Gasteiger partial charge in [-0.2, -0.15) is 0 Å². The predicted octanol–water partition coefficient (Wildman–Crippen LogP) is -2.22. The predicted molar refractivity (Wildman–Crippen MR) is 28.1 cm³/mol. The molecule has 0 saturated carbocycles. The minimum Gasteiger partial charge on any atom is -0.392 e. The van der Waals surface area contributed by atoms with Crippen LogP contribution in [0.5, 0.6) is 0 Å². The van der Waals surface area contributed by atoms with Crippen LogP contribution in [0.25, 0.3) is 0 Å². The molecule has 0 bridgehead atoms. The number of nitrogens with two attached hydrogens (primary N) is 1. The van der Waals surface area contributed by atoms with Crippen LogP contribution in [0.4, 0.5) is 0 Å². The first kappa shape index (κ1) is 7.19. The first-order chi connectivity index (χ1) is 3.66. The van der Waals surface area contributed by atoms with E-state index in [1.807, 2.05) is 0 Å². The quantitative estimate of drug-likeness (QED) is 0.161. The molecular weight excluding hydrogens is 110 g/mol. The molecule has 0 fully saturated rings. The van der Waals surface area contributed by atoms with Crippen LogP contribution in [0.2, 0.25) is 0 Å². The molecule has 5 nitrogen and oxygen atoms in total. The van der Waals surface area contributed by atoms with Crippen LogP contribution < -0.4 is 11.1 Å². The van der Waals surface area contributed by atoms with E-state index < -0.39 is 12.8 Å². The molecule has 48 valence electrons. The van der Waals surface area contributed by atoms with E-state index in [4.69, 9.17) is 21.4 Å². The van der Waals surface area contributed by atoms with Gasteiger partial charge in [0.1, 0.15) is 6.23 Å². The van der Waals surface area contributed by atoms with Crippen molar-refractivity contribution in [1.82, 2.24) is 5.32 Å². The van der Waals surface area contributed by atoms with Crippen molar-refractivity contribution in [3.8, 4) is 0 Å². The van der Waals surface area contributed by atoms with E-state index in [0.717, 1.165) is 0 Å². The molecule has 1 unspecified atom stereocenters. The molecule has 0 radical (unpaired) electrons. The molecule has 0 aliphatic heterocycles. The standard InChI is InChI=1S/C3H9N3O2/c4-3(5)6-2(8)1-7/h2,7-8H,1H2,(H4,4,5,6). The molecule has 0 aromatic heterocycles. The molecule has 0 aliphatic rings. The Balaban J connectivity index is 3.24. The van der Waals surface area contributed by atoms with Gasteiger partial charge in [0.05, 0.1) is 6.61 Å². The van der Waals surface area contributed by atoms with Crippen LogP contribution in [-0.2, 0) is 0 Å². The summed E-state index contributed by atoms with van der Waals surface area (Å²) in [6.07, 6.45) is -1.12. The van der Waals surface area contributed by atoms with Crippen molar-refractivity contribution < 1.29 is 10.2 Å². The molecular formula is C3H9N3O2. The molecule has 0 rings (SSSR count). The Bertz CT molecular complexity index is 84.6. The van der Waals surface area contributed by atoms with Gasteiger partial charge in [0.25, 0.3) is 0 Å². The first-order valence-electron chi connectivity index (χ1n) is 2.06. The van der Waals surface area contributed by atoms with Gasteiger partial charge in [-0.15, -0.1) is 0 Å². The molecule has 6 N–H and O–H groups in total. The van der Waals surface area contributed by atoms with Crippen LogP contribution in [0.15, 0.2) is 0 Å². The highest BCUT2D eigenvalue weighted by Crippen LogP contribution is 1.67. The van der Waals surface area contributed by atoms with Crippen molar-refractivity contribution in [2.24, 2.45) is 5.73 Å². The summed E-state index contributed by atoms with van der Waals surface area (Å²) < 4.78 is 0. The average molecular weight is 119 g/mol. The molecule has 0 aromatic carbocycles. The Hall–Kier alpha value is -0.810. The van der Waals surface area contributed by atoms with E-state index >= 15 is 0 Å². The second-order valence-corrected chi connectivity index (χ2v) is 1.26. The van der Waals surface area contributed by atoms with Gasteiger partial charge in [-0.1, -0.05) is 0 Å². The Morgan fingerprint density at radius 3 is 2.50 bits per heavy atom. The summed E-state index contributed by atoms with van der Waals surface area (Å²) in [6, 6.07) is 0. The minimum atomic E-state index is -1.12. The second kappa shape index (κ2) is 3.23. The molecule has 0 heterocycles. The third-order valence-electron chi connectivity index (χ3n) is 0.495. The molecule has 5 heteroatoms. The lowest BCUT2D eigenvalue weighted by Crippen LogP contribution is -2.41. The summed E-state index contributed by atoms with van der Waals surface area (Å²) in [4.78, 5) is 0. The first-order valence-corrected chi connectivity index (χ1v) is 2.06. The maximum atomic E-state index is 8.45. The number of hydrogen-bond donors (Lipinski definition) is 5. The van der Waals surface area contributed by atoms with Crippen LogP contribution in [0, 0.1) is 5.41 Å². The topological polar surface area (TPSA) is 102 Å². The molecule has 0 saturated heterocycles. The molecule has 8 heavy (non-hydrogen) atoms. The maximum absolute atomic E-state index is 8.45. The highest BCUT2D eigenvalue weighted by Gasteiger charge is 1.97. The summed E-state index contributed by atoms with van der Waals surface area (Å²) >= 11 is 0. The van der Waals surface area contributed by atoms with Crippen molar-refractivity contribution in [3.63, 3.8) is 0 Å². The highest BCUT2D eigenvalue weighted by molar-refractivity contribution is 5.74. The van der Waals surface area contributed by atoms with Crippen LogP contribution >= 0.6 is 0 Å². The zero-order valence-corrected chi connectivity index (χ0v) is 4.26. The molecule has 1 atom stereocenters. The van der Waals surface area contributed by atoms with E-state index in [1.54, 1.807) is 0 Å². The van der Waals surface area contributed by atoms with E-state index in [0.29, 0.717) is 0 Å². The summed E-state index contributed by atoms with van der Waals surface area (Å²) in [5, 5.41) is 25.1. The van der Waals surface area contributed by atoms with Gasteiger partial charge in [-0.25, -0.2) is 0 Å². The number of rotatable bonds is 2. The Morgan fingerprint density at radius 2 is 2.38 bits per heavy atom. The fraction of sp³-hybridized carbons (Fsp3) is 0.667. The van der Waals surface area contributed by atoms with Crippen molar-refractivity contribution in [1.29, 1.82) is 5.41 Å². The maximum Gasteiger partial charge on any atom is 0.187 e. The normalized spacial score (nSPS) is 12.8. The van der Waals surface area contributed by atoms with Crippen molar-refractivity contribution in [2.75, 3.05) is 6.61 Å². The zero-order valence-electron chi connectivity index (χ0n) is 4.26.